The Bertz CT molecular complexity index is 1180. The maximum absolute atomic E-state index is 13.3. The number of sulfonamides is 1. The summed E-state index contributed by atoms with van der Waals surface area (Å²) in [4.78, 5) is 40.2. The van der Waals surface area contributed by atoms with Gasteiger partial charge in [-0.15, -0.1) is 0 Å². The first-order valence-electron chi connectivity index (χ1n) is 11.1. The SMILES string of the molecule is CC[C@@H](C(=O)NC(C)C)N(Cc1ccc(Cl)cc1)C(=O)CCN1C(=O)c2ccccc2S1(=O)=O. The van der Waals surface area contributed by atoms with E-state index in [1.54, 1.807) is 43.3 Å². The lowest BCUT2D eigenvalue weighted by molar-refractivity contribution is -0.141. The molecule has 0 radical (unpaired) electrons. The van der Waals surface area contributed by atoms with Crippen molar-refractivity contribution in [2.45, 2.75) is 57.1 Å². The fourth-order valence-electron chi connectivity index (χ4n) is 3.88. The van der Waals surface area contributed by atoms with Gasteiger partial charge in [0.2, 0.25) is 11.8 Å². The molecule has 1 aliphatic rings. The molecule has 182 valence electrons. The molecule has 1 aliphatic heterocycles. The van der Waals surface area contributed by atoms with Crippen LogP contribution in [0.1, 0.15) is 49.5 Å². The van der Waals surface area contributed by atoms with Gasteiger partial charge in [-0.2, -0.15) is 0 Å². The number of carbonyl (C=O) groups is 3. The summed E-state index contributed by atoms with van der Waals surface area (Å²) in [6, 6.07) is 12.0. The van der Waals surface area contributed by atoms with E-state index in [1.165, 1.54) is 17.0 Å². The van der Waals surface area contributed by atoms with Crippen molar-refractivity contribution >= 4 is 39.3 Å². The summed E-state index contributed by atoms with van der Waals surface area (Å²) in [6.45, 7) is 5.29. The van der Waals surface area contributed by atoms with Crippen molar-refractivity contribution in [2.75, 3.05) is 6.54 Å². The molecule has 3 rings (SSSR count). The number of nitrogens with zero attached hydrogens (tertiary/aromatic N) is 2. The van der Waals surface area contributed by atoms with E-state index in [0.717, 1.165) is 9.87 Å². The smallest absolute Gasteiger partial charge is 0.269 e. The fraction of sp³-hybridized carbons (Fsp3) is 0.375. The number of rotatable bonds is 9. The van der Waals surface area contributed by atoms with Crippen molar-refractivity contribution in [3.63, 3.8) is 0 Å². The predicted molar refractivity (Wildman–Crippen MR) is 129 cm³/mol. The fourth-order valence-corrected chi connectivity index (χ4v) is 5.58. The number of hydrogen-bond acceptors (Lipinski definition) is 5. The van der Waals surface area contributed by atoms with Crippen molar-refractivity contribution in [1.29, 1.82) is 0 Å². The highest BCUT2D eigenvalue weighted by molar-refractivity contribution is 7.90. The molecule has 34 heavy (non-hydrogen) atoms. The minimum absolute atomic E-state index is 0.0618. The lowest BCUT2D eigenvalue weighted by Crippen LogP contribution is -2.51. The molecule has 2 aromatic rings. The minimum Gasteiger partial charge on any atom is -0.352 e. The molecule has 8 nitrogen and oxygen atoms in total. The van der Waals surface area contributed by atoms with Crippen LogP contribution in [0.4, 0.5) is 0 Å². The summed E-state index contributed by atoms with van der Waals surface area (Å²) in [7, 11) is -4.02. The van der Waals surface area contributed by atoms with Crippen LogP contribution in [0.25, 0.3) is 0 Å². The monoisotopic (exact) mass is 505 g/mol. The van der Waals surface area contributed by atoms with Crippen LogP contribution >= 0.6 is 11.6 Å². The van der Waals surface area contributed by atoms with Crippen molar-refractivity contribution in [1.82, 2.24) is 14.5 Å². The third kappa shape index (κ3) is 5.42. The molecular formula is C24H28ClN3O5S. The summed E-state index contributed by atoms with van der Waals surface area (Å²) in [6.07, 6.45) is 0.113. The molecule has 10 heteroatoms. The van der Waals surface area contributed by atoms with Crippen molar-refractivity contribution < 1.29 is 22.8 Å². The quantitative estimate of drug-likeness (QED) is 0.563. The van der Waals surface area contributed by atoms with Crippen LogP contribution in [0.3, 0.4) is 0 Å². The molecule has 2 aromatic carbocycles. The Morgan fingerprint density at radius 1 is 1.09 bits per heavy atom. The van der Waals surface area contributed by atoms with Gasteiger partial charge in [-0.25, -0.2) is 12.7 Å². The number of fused-ring (bicyclic) bond motifs is 1. The molecule has 0 aromatic heterocycles. The number of hydrogen-bond donors (Lipinski definition) is 1. The average Bonchev–Trinajstić information content (AvgIpc) is 2.98. The van der Waals surface area contributed by atoms with E-state index in [0.29, 0.717) is 11.4 Å². The zero-order chi connectivity index (χ0) is 25.0. The molecule has 0 saturated heterocycles. The van der Waals surface area contributed by atoms with Gasteiger partial charge >= 0.3 is 0 Å². The van der Waals surface area contributed by atoms with Crippen LogP contribution in [0.2, 0.25) is 5.02 Å². The van der Waals surface area contributed by atoms with Crippen molar-refractivity contribution in [3.05, 3.63) is 64.7 Å². The van der Waals surface area contributed by atoms with E-state index >= 15 is 0 Å². The van der Waals surface area contributed by atoms with Crippen molar-refractivity contribution in [3.8, 4) is 0 Å². The van der Waals surface area contributed by atoms with E-state index in [1.807, 2.05) is 13.8 Å². The second-order valence-electron chi connectivity index (χ2n) is 8.36. The van der Waals surface area contributed by atoms with Crippen LogP contribution in [0, 0.1) is 0 Å². The number of carbonyl (C=O) groups excluding carboxylic acids is 3. The van der Waals surface area contributed by atoms with Crippen LogP contribution in [-0.2, 0) is 26.2 Å². The number of amides is 3. The summed E-state index contributed by atoms with van der Waals surface area (Å²) in [5.74, 6) is -1.38. The molecule has 1 heterocycles. The van der Waals surface area contributed by atoms with E-state index in [4.69, 9.17) is 11.6 Å². The summed E-state index contributed by atoms with van der Waals surface area (Å²) < 4.78 is 26.4. The van der Waals surface area contributed by atoms with Gasteiger partial charge in [0.15, 0.2) is 0 Å². The molecule has 0 saturated carbocycles. The van der Waals surface area contributed by atoms with Gasteiger partial charge in [-0.05, 0) is 50.1 Å². The Morgan fingerprint density at radius 2 is 1.74 bits per heavy atom. The van der Waals surface area contributed by atoms with Gasteiger partial charge in [-0.3, -0.25) is 14.4 Å². The maximum Gasteiger partial charge on any atom is 0.269 e. The number of halogens is 1. The molecule has 0 bridgehead atoms. The Kier molecular flexibility index (Phi) is 7.99. The topological polar surface area (TPSA) is 104 Å². The standard InChI is InChI=1S/C24H28ClN3O5S/c1-4-20(23(30)26-16(2)3)27(15-17-9-11-18(25)12-10-17)22(29)13-14-28-24(31)19-7-5-6-8-21(19)34(28,32)33/h5-12,16,20H,4,13-15H2,1-3H3,(H,26,30)/t20-/m0/s1. The van der Waals surface area contributed by atoms with Crippen LogP contribution in [-0.4, -0.2) is 54.0 Å². The minimum atomic E-state index is -4.02. The van der Waals surface area contributed by atoms with Gasteiger partial charge < -0.3 is 10.2 Å². The van der Waals surface area contributed by atoms with E-state index < -0.39 is 27.9 Å². The van der Waals surface area contributed by atoms with E-state index in [2.05, 4.69) is 5.32 Å². The van der Waals surface area contributed by atoms with Gasteiger partial charge in [-0.1, -0.05) is 42.8 Å². The highest BCUT2D eigenvalue weighted by atomic mass is 35.5. The Labute approximate surface area is 204 Å². The van der Waals surface area contributed by atoms with Gasteiger partial charge in [0, 0.05) is 30.6 Å². The van der Waals surface area contributed by atoms with Crippen LogP contribution in [0.15, 0.2) is 53.4 Å². The van der Waals surface area contributed by atoms with Crippen molar-refractivity contribution in [2.24, 2.45) is 0 Å². The van der Waals surface area contributed by atoms with Crippen LogP contribution < -0.4 is 5.32 Å². The summed E-state index contributed by atoms with van der Waals surface area (Å²) >= 11 is 5.97. The first-order valence-corrected chi connectivity index (χ1v) is 12.9. The Hall–Kier alpha value is -2.91. The second-order valence-corrected chi connectivity index (χ2v) is 10.6. The zero-order valence-electron chi connectivity index (χ0n) is 19.3. The Morgan fingerprint density at radius 3 is 2.32 bits per heavy atom. The summed E-state index contributed by atoms with van der Waals surface area (Å²) in [5.41, 5.74) is 0.863. The highest BCUT2D eigenvalue weighted by Gasteiger charge is 2.41. The molecular weight excluding hydrogens is 478 g/mol. The first kappa shape index (κ1) is 25.7. The Balaban J connectivity index is 1.82. The largest absolute Gasteiger partial charge is 0.352 e. The third-order valence-electron chi connectivity index (χ3n) is 5.52. The molecule has 0 unspecified atom stereocenters. The number of nitrogens with one attached hydrogen (secondary N) is 1. The normalized spacial score (nSPS) is 15.2. The molecule has 0 aliphatic carbocycles. The lowest BCUT2D eigenvalue weighted by atomic mass is 10.1. The van der Waals surface area contributed by atoms with E-state index in [9.17, 15) is 22.8 Å². The first-order chi connectivity index (χ1) is 16.1. The van der Waals surface area contributed by atoms with E-state index in [-0.39, 0.29) is 41.9 Å². The summed E-state index contributed by atoms with van der Waals surface area (Å²) in [5, 5.41) is 3.38. The molecule has 1 N–H and O–H groups in total. The lowest BCUT2D eigenvalue weighted by Gasteiger charge is -2.31. The average molecular weight is 506 g/mol. The number of benzene rings is 2. The molecule has 0 spiro atoms. The maximum atomic E-state index is 13.3. The molecule has 1 atom stereocenters. The predicted octanol–water partition coefficient (Wildman–Crippen LogP) is 3.21. The van der Waals surface area contributed by atoms with Gasteiger partial charge in [0.25, 0.3) is 15.9 Å². The van der Waals surface area contributed by atoms with Crippen LogP contribution in [0.5, 0.6) is 0 Å². The zero-order valence-corrected chi connectivity index (χ0v) is 20.9. The molecule has 3 amide bonds. The second kappa shape index (κ2) is 10.6. The van der Waals surface area contributed by atoms with Gasteiger partial charge in [0.05, 0.1) is 5.56 Å². The highest BCUT2D eigenvalue weighted by Crippen LogP contribution is 2.30. The molecule has 0 fully saturated rings. The van der Waals surface area contributed by atoms with Gasteiger partial charge in [0.1, 0.15) is 10.9 Å². The third-order valence-corrected chi connectivity index (χ3v) is 7.62.